The van der Waals surface area contributed by atoms with Crippen molar-refractivity contribution in [3.05, 3.63) is 29.8 Å². The fourth-order valence-electron chi connectivity index (χ4n) is 2.58. The first-order valence-corrected chi connectivity index (χ1v) is 6.81. The molecule has 1 aromatic rings. The van der Waals surface area contributed by atoms with Gasteiger partial charge in [-0.25, -0.2) is 0 Å². The van der Waals surface area contributed by atoms with Crippen LogP contribution in [0.2, 0.25) is 0 Å². The molecule has 2 rings (SSSR count). The first-order chi connectivity index (χ1) is 9.04. The Labute approximate surface area is 114 Å². The van der Waals surface area contributed by atoms with E-state index in [2.05, 4.69) is 18.7 Å². The van der Waals surface area contributed by atoms with Crippen molar-refractivity contribution in [1.29, 1.82) is 0 Å². The molecule has 0 spiro atoms. The Morgan fingerprint density at radius 1 is 1.37 bits per heavy atom. The topological polar surface area (TPSA) is 55.6 Å². The lowest BCUT2D eigenvalue weighted by Crippen LogP contribution is -2.46. The molecule has 4 nitrogen and oxygen atoms in total. The van der Waals surface area contributed by atoms with Crippen LogP contribution >= 0.6 is 0 Å². The number of benzene rings is 1. The maximum atomic E-state index is 12.1. The van der Waals surface area contributed by atoms with Gasteiger partial charge in [0, 0.05) is 37.3 Å². The maximum Gasteiger partial charge on any atom is 0.164 e. The van der Waals surface area contributed by atoms with Gasteiger partial charge in [0.1, 0.15) is 0 Å². The van der Waals surface area contributed by atoms with E-state index < -0.39 is 0 Å². The molecule has 1 aliphatic rings. The van der Waals surface area contributed by atoms with Gasteiger partial charge in [-0.3, -0.25) is 9.69 Å². The molecule has 104 valence electrons. The summed E-state index contributed by atoms with van der Waals surface area (Å²) in [5, 5.41) is 0. The second-order valence-electron chi connectivity index (χ2n) is 5.32. The highest BCUT2D eigenvalue weighted by Crippen LogP contribution is 2.13. The van der Waals surface area contributed by atoms with E-state index in [0.29, 0.717) is 17.7 Å². The molecule has 1 fully saturated rings. The summed E-state index contributed by atoms with van der Waals surface area (Å²) in [6, 6.07) is 7.18. The highest BCUT2D eigenvalue weighted by atomic mass is 16.5. The molecule has 0 saturated carbocycles. The lowest BCUT2D eigenvalue weighted by molar-refractivity contribution is -0.0675. The van der Waals surface area contributed by atoms with Crippen molar-refractivity contribution < 1.29 is 9.53 Å². The summed E-state index contributed by atoms with van der Waals surface area (Å²) in [6.45, 7) is 6.72. The number of carbonyl (C=O) groups excluding carboxylic acids is 1. The van der Waals surface area contributed by atoms with Crippen LogP contribution in [0, 0.1) is 0 Å². The number of nitrogens with zero attached hydrogens (tertiary/aromatic N) is 1. The van der Waals surface area contributed by atoms with Crippen LogP contribution in [0.3, 0.4) is 0 Å². The van der Waals surface area contributed by atoms with E-state index in [1.54, 1.807) is 12.1 Å². The molecular weight excluding hydrogens is 240 g/mol. The minimum absolute atomic E-state index is 0.152. The zero-order valence-corrected chi connectivity index (χ0v) is 11.6. The lowest BCUT2D eigenvalue weighted by Gasteiger charge is -2.35. The fraction of sp³-hybridized carbons (Fsp3) is 0.533. The molecule has 0 radical (unpaired) electrons. The largest absolute Gasteiger partial charge is 0.399 e. The predicted octanol–water partition coefficient (Wildman–Crippen LogP) is 1.95. The summed E-state index contributed by atoms with van der Waals surface area (Å²) in [5.41, 5.74) is 7.03. The van der Waals surface area contributed by atoms with Gasteiger partial charge in [-0.15, -0.1) is 0 Å². The number of morpholine rings is 1. The summed E-state index contributed by atoms with van der Waals surface area (Å²) < 4.78 is 5.68. The SMILES string of the molecule is CC1CN(CCC(=O)c2cccc(N)c2)CC(C)O1. The Kier molecular flexibility index (Phi) is 4.56. The van der Waals surface area contributed by atoms with Gasteiger partial charge < -0.3 is 10.5 Å². The first kappa shape index (κ1) is 14.0. The average Bonchev–Trinajstić information content (AvgIpc) is 2.35. The van der Waals surface area contributed by atoms with E-state index >= 15 is 0 Å². The van der Waals surface area contributed by atoms with E-state index in [4.69, 9.17) is 10.5 Å². The minimum atomic E-state index is 0.152. The summed E-state index contributed by atoms with van der Waals surface area (Å²) in [6.07, 6.45) is 1.01. The van der Waals surface area contributed by atoms with Crippen LogP contribution in [-0.4, -0.2) is 42.5 Å². The number of nitrogen functional groups attached to an aromatic ring is 1. The number of carbonyl (C=O) groups is 1. The first-order valence-electron chi connectivity index (χ1n) is 6.81. The molecule has 1 aromatic carbocycles. The quantitative estimate of drug-likeness (QED) is 0.665. The third-order valence-electron chi connectivity index (χ3n) is 3.36. The molecule has 2 atom stereocenters. The Bertz CT molecular complexity index is 438. The van der Waals surface area contributed by atoms with Gasteiger partial charge >= 0.3 is 0 Å². The van der Waals surface area contributed by atoms with Crippen LogP contribution in [0.15, 0.2) is 24.3 Å². The Balaban J connectivity index is 1.86. The number of anilines is 1. The maximum absolute atomic E-state index is 12.1. The van der Waals surface area contributed by atoms with E-state index in [9.17, 15) is 4.79 Å². The highest BCUT2D eigenvalue weighted by Gasteiger charge is 2.22. The number of ether oxygens (including phenoxy) is 1. The molecule has 0 bridgehead atoms. The fourth-order valence-corrected chi connectivity index (χ4v) is 2.58. The number of hydrogen-bond donors (Lipinski definition) is 1. The predicted molar refractivity (Wildman–Crippen MR) is 76.3 cm³/mol. The molecular formula is C15H22N2O2. The zero-order chi connectivity index (χ0) is 13.8. The van der Waals surface area contributed by atoms with Crippen molar-refractivity contribution >= 4 is 11.5 Å². The van der Waals surface area contributed by atoms with Gasteiger partial charge in [-0.1, -0.05) is 12.1 Å². The van der Waals surface area contributed by atoms with Crippen molar-refractivity contribution in [3.8, 4) is 0 Å². The van der Waals surface area contributed by atoms with Crippen molar-refractivity contribution in [3.63, 3.8) is 0 Å². The Morgan fingerprint density at radius 2 is 2.05 bits per heavy atom. The summed E-state index contributed by atoms with van der Waals surface area (Å²) in [5.74, 6) is 0.152. The molecule has 4 heteroatoms. The number of nitrogens with two attached hydrogens (primary N) is 1. The molecule has 0 aromatic heterocycles. The number of rotatable bonds is 4. The van der Waals surface area contributed by atoms with Crippen LogP contribution in [-0.2, 0) is 4.74 Å². The third-order valence-corrected chi connectivity index (χ3v) is 3.36. The molecule has 2 N–H and O–H groups in total. The second-order valence-corrected chi connectivity index (χ2v) is 5.32. The highest BCUT2D eigenvalue weighted by molar-refractivity contribution is 5.96. The van der Waals surface area contributed by atoms with Crippen LogP contribution in [0.1, 0.15) is 30.6 Å². The van der Waals surface area contributed by atoms with Gasteiger partial charge in [0.2, 0.25) is 0 Å². The Hall–Kier alpha value is -1.39. The number of Topliss-reactive ketones (excluding diaryl/α,β-unsaturated/α-hetero) is 1. The Morgan fingerprint density at radius 3 is 2.68 bits per heavy atom. The van der Waals surface area contributed by atoms with Gasteiger partial charge in [0.25, 0.3) is 0 Å². The molecule has 1 heterocycles. The molecule has 1 saturated heterocycles. The van der Waals surface area contributed by atoms with E-state index in [1.165, 1.54) is 0 Å². The molecule has 0 aliphatic carbocycles. The van der Waals surface area contributed by atoms with Gasteiger partial charge in [0.15, 0.2) is 5.78 Å². The van der Waals surface area contributed by atoms with Crippen molar-refractivity contribution in [1.82, 2.24) is 4.90 Å². The molecule has 1 aliphatic heterocycles. The zero-order valence-electron chi connectivity index (χ0n) is 11.6. The second kappa shape index (κ2) is 6.17. The minimum Gasteiger partial charge on any atom is -0.399 e. The van der Waals surface area contributed by atoms with Crippen molar-refractivity contribution in [2.24, 2.45) is 0 Å². The van der Waals surface area contributed by atoms with Crippen LogP contribution in [0.25, 0.3) is 0 Å². The van der Waals surface area contributed by atoms with Gasteiger partial charge in [0.05, 0.1) is 12.2 Å². The van der Waals surface area contributed by atoms with Crippen LogP contribution < -0.4 is 5.73 Å². The number of hydrogen-bond acceptors (Lipinski definition) is 4. The van der Waals surface area contributed by atoms with Crippen LogP contribution in [0.5, 0.6) is 0 Å². The van der Waals surface area contributed by atoms with Gasteiger partial charge in [-0.2, -0.15) is 0 Å². The summed E-state index contributed by atoms with van der Waals surface area (Å²) in [4.78, 5) is 14.4. The average molecular weight is 262 g/mol. The van der Waals surface area contributed by atoms with Gasteiger partial charge in [-0.05, 0) is 26.0 Å². The molecule has 2 unspecified atom stereocenters. The molecule has 19 heavy (non-hydrogen) atoms. The third kappa shape index (κ3) is 4.04. The van der Waals surface area contributed by atoms with E-state index in [-0.39, 0.29) is 18.0 Å². The lowest BCUT2D eigenvalue weighted by atomic mass is 10.1. The standard InChI is InChI=1S/C15H22N2O2/c1-11-9-17(10-12(2)19-11)7-6-15(18)13-4-3-5-14(16)8-13/h3-5,8,11-12H,6-7,9-10,16H2,1-2H3. The summed E-state index contributed by atoms with van der Waals surface area (Å²) in [7, 11) is 0. The van der Waals surface area contributed by atoms with Crippen LogP contribution in [0.4, 0.5) is 5.69 Å². The van der Waals surface area contributed by atoms with Crippen molar-refractivity contribution in [2.75, 3.05) is 25.4 Å². The molecule has 0 amide bonds. The monoisotopic (exact) mass is 262 g/mol. The van der Waals surface area contributed by atoms with Crippen molar-refractivity contribution in [2.45, 2.75) is 32.5 Å². The summed E-state index contributed by atoms with van der Waals surface area (Å²) >= 11 is 0. The smallest absolute Gasteiger partial charge is 0.164 e. The number of ketones is 1. The van der Waals surface area contributed by atoms with E-state index in [1.807, 2.05) is 12.1 Å². The van der Waals surface area contributed by atoms with E-state index in [0.717, 1.165) is 19.6 Å². The normalized spacial score (nSPS) is 24.3.